The van der Waals surface area contributed by atoms with E-state index in [9.17, 15) is 18.0 Å². The fourth-order valence-electron chi connectivity index (χ4n) is 3.02. The van der Waals surface area contributed by atoms with E-state index >= 15 is 0 Å². The van der Waals surface area contributed by atoms with Gasteiger partial charge in [0.1, 0.15) is 0 Å². The van der Waals surface area contributed by atoms with E-state index < -0.39 is 34.1 Å². The summed E-state index contributed by atoms with van der Waals surface area (Å²) in [5.41, 5.74) is 2.52. The maximum atomic E-state index is 12.6. The molecule has 0 heterocycles. The average Bonchev–Trinajstić information content (AvgIpc) is 2.76. The minimum atomic E-state index is -3.65. The summed E-state index contributed by atoms with van der Waals surface area (Å²) in [4.78, 5) is 24.2. The van der Waals surface area contributed by atoms with E-state index in [0.717, 1.165) is 26.4 Å². The Morgan fingerprint density at radius 3 is 2.42 bits per heavy atom. The Hall–Kier alpha value is -2.71. The first kappa shape index (κ1) is 23.0. The molecule has 162 valence electrons. The molecule has 0 saturated heterocycles. The first-order chi connectivity index (χ1) is 14.7. The van der Waals surface area contributed by atoms with Gasteiger partial charge in [-0.2, -0.15) is 0 Å². The van der Waals surface area contributed by atoms with Gasteiger partial charge >= 0.3 is 5.97 Å². The molecule has 8 heteroatoms. The van der Waals surface area contributed by atoms with Gasteiger partial charge in [-0.05, 0) is 60.0 Å². The van der Waals surface area contributed by atoms with Gasteiger partial charge in [0.05, 0.1) is 17.1 Å². The molecule has 0 aliphatic carbocycles. The molecule has 3 aromatic carbocycles. The molecule has 3 rings (SSSR count). The van der Waals surface area contributed by atoms with Gasteiger partial charge in [0.15, 0.2) is 16.4 Å². The van der Waals surface area contributed by atoms with Gasteiger partial charge in [-0.1, -0.05) is 46.3 Å². The van der Waals surface area contributed by atoms with E-state index in [4.69, 9.17) is 4.74 Å². The Kier molecular flexibility index (Phi) is 7.12. The van der Waals surface area contributed by atoms with E-state index in [1.54, 1.807) is 18.2 Å². The van der Waals surface area contributed by atoms with Crippen molar-refractivity contribution in [3.05, 3.63) is 70.2 Å². The van der Waals surface area contributed by atoms with Crippen LogP contribution in [0.4, 0.5) is 5.69 Å². The van der Waals surface area contributed by atoms with Crippen LogP contribution in [0.3, 0.4) is 0 Å². The molecule has 0 aliphatic rings. The average molecular weight is 504 g/mol. The lowest BCUT2D eigenvalue weighted by Crippen LogP contribution is -2.22. The number of anilines is 1. The van der Waals surface area contributed by atoms with Crippen molar-refractivity contribution in [3.63, 3.8) is 0 Å². The van der Waals surface area contributed by atoms with E-state index in [1.807, 2.05) is 44.2 Å². The number of ether oxygens (including phenoxy) is 1. The largest absolute Gasteiger partial charge is 0.456 e. The van der Waals surface area contributed by atoms with Crippen molar-refractivity contribution >= 4 is 54.1 Å². The van der Waals surface area contributed by atoms with Crippen LogP contribution in [0.2, 0.25) is 0 Å². The van der Waals surface area contributed by atoms with Crippen LogP contribution in [0.5, 0.6) is 0 Å². The Balaban J connectivity index is 1.53. The third-order valence-electron chi connectivity index (χ3n) is 5.01. The van der Waals surface area contributed by atoms with Gasteiger partial charge in [0.2, 0.25) is 0 Å². The molecule has 0 spiro atoms. The molecule has 31 heavy (non-hydrogen) atoms. The predicted octanol–water partition coefficient (Wildman–Crippen LogP) is 4.56. The quantitative estimate of drug-likeness (QED) is 0.477. The van der Waals surface area contributed by atoms with Gasteiger partial charge in [0.25, 0.3) is 5.91 Å². The van der Waals surface area contributed by atoms with Crippen LogP contribution in [-0.4, -0.2) is 32.7 Å². The topological polar surface area (TPSA) is 89.5 Å². The summed E-state index contributed by atoms with van der Waals surface area (Å²) < 4.78 is 31.0. The van der Waals surface area contributed by atoms with Crippen LogP contribution >= 0.6 is 15.9 Å². The number of amides is 1. The summed E-state index contributed by atoms with van der Waals surface area (Å²) in [7, 11) is -3.65. The number of rotatable bonds is 7. The van der Waals surface area contributed by atoms with Gasteiger partial charge < -0.3 is 10.1 Å². The molecule has 3 aromatic rings. The summed E-state index contributed by atoms with van der Waals surface area (Å²) in [6.07, 6.45) is -0.334. The molecule has 0 fully saturated rings. The first-order valence-corrected chi connectivity index (χ1v) is 12.0. The minimum absolute atomic E-state index is 0.151. The van der Waals surface area contributed by atoms with Crippen molar-refractivity contribution in [2.45, 2.75) is 25.2 Å². The van der Waals surface area contributed by atoms with Crippen LogP contribution in [0, 0.1) is 13.8 Å². The molecule has 0 atom stereocenters. The molecule has 1 amide bonds. The van der Waals surface area contributed by atoms with Crippen LogP contribution in [0.25, 0.3) is 10.8 Å². The highest BCUT2D eigenvalue weighted by Crippen LogP contribution is 2.25. The number of hydrogen-bond donors (Lipinski definition) is 1. The number of carbonyl (C=O) groups is 2. The van der Waals surface area contributed by atoms with Crippen molar-refractivity contribution in [1.82, 2.24) is 0 Å². The molecule has 0 bridgehead atoms. The molecule has 0 aromatic heterocycles. The highest BCUT2D eigenvalue weighted by Gasteiger charge is 2.18. The number of fused-ring (bicyclic) bond motifs is 1. The lowest BCUT2D eigenvalue weighted by Gasteiger charge is -2.12. The normalized spacial score (nSPS) is 11.3. The minimum Gasteiger partial charge on any atom is -0.456 e. The Bertz CT molecular complexity index is 1250. The lowest BCUT2D eigenvalue weighted by atomic mass is 10.1. The number of sulfone groups is 1. The first-order valence-electron chi connectivity index (χ1n) is 9.60. The van der Waals surface area contributed by atoms with Crippen molar-refractivity contribution in [2.75, 3.05) is 17.7 Å². The molecule has 0 saturated carbocycles. The molecular formula is C23H22BrNO5S. The smallest absolute Gasteiger partial charge is 0.307 e. The zero-order valence-corrected chi connectivity index (χ0v) is 19.5. The fourth-order valence-corrected chi connectivity index (χ4v) is 4.71. The number of nitrogens with one attached hydrogen (secondary N) is 1. The van der Waals surface area contributed by atoms with Crippen molar-refractivity contribution in [1.29, 1.82) is 0 Å². The number of hydrogen-bond acceptors (Lipinski definition) is 5. The standard InChI is InChI=1S/C23H22BrNO5S/c1-15-16(2)21(10-9-20(15)24)25-22(26)14-30-23(27)11-12-31(28,29)19-8-7-17-5-3-4-6-18(17)13-19/h3-10,13H,11-12,14H2,1-2H3,(H,25,26). The second kappa shape index (κ2) is 9.62. The number of halogens is 1. The SMILES string of the molecule is Cc1c(Br)ccc(NC(=O)COC(=O)CCS(=O)(=O)c2ccc3ccccc3c2)c1C. The Morgan fingerprint density at radius 2 is 1.68 bits per heavy atom. The van der Waals surface area contributed by atoms with Gasteiger partial charge in [-0.15, -0.1) is 0 Å². The summed E-state index contributed by atoms with van der Waals surface area (Å²) in [5, 5.41) is 4.43. The molecule has 0 unspecified atom stereocenters. The molecule has 0 aliphatic heterocycles. The maximum absolute atomic E-state index is 12.6. The van der Waals surface area contributed by atoms with Crippen LogP contribution in [0.1, 0.15) is 17.5 Å². The third kappa shape index (κ3) is 5.71. The second-order valence-electron chi connectivity index (χ2n) is 7.13. The number of carbonyl (C=O) groups excluding carboxylic acids is 2. The second-order valence-corrected chi connectivity index (χ2v) is 10.1. The summed E-state index contributed by atoms with van der Waals surface area (Å²) in [6.45, 7) is 3.31. The summed E-state index contributed by atoms with van der Waals surface area (Å²) >= 11 is 3.43. The van der Waals surface area contributed by atoms with E-state index in [1.165, 1.54) is 6.07 Å². The summed E-state index contributed by atoms with van der Waals surface area (Å²) in [6, 6.07) is 15.9. The van der Waals surface area contributed by atoms with Crippen LogP contribution in [-0.2, 0) is 24.2 Å². The summed E-state index contributed by atoms with van der Waals surface area (Å²) in [5.74, 6) is -1.63. The van der Waals surface area contributed by atoms with E-state index in [0.29, 0.717) is 5.69 Å². The van der Waals surface area contributed by atoms with Gasteiger partial charge in [-0.3, -0.25) is 9.59 Å². The van der Waals surface area contributed by atoms with E-state index in [-0.39, 0.29) is 11.3 Å². The lowest BCUT2D eigenvalue weighted by molar-refractivity contribution is -0.146. The van der Waals surface area contributed by atoms with Crippen LogP contribution in [0.15, 0.2) is 64.0 Å². The fraction of sp³-hybridized carbons (Fsp3) is 0.217. The zero-order chi connectivity index (χ0) is 22.6. The molecule has 1 N–H and O–H groups in total. The highest BCUT2D eigenvalue weighted by atomic mass is 79.9. The van der Waals surface area contributed by atoms with Crippen molar-refractivity contribution in [3.8, 4) is 0 Å². The Labute approximate surface area is 189 Å². The molecule has 6 nitrogen and oxygen atoms in total. The number of benzene rings is 3. The monoisotopic (exact) mass is 503 g/mol. The Morgan fingerprint density at radius 1 is 0.968 bits per heavy atom. The van der Waals surface area contributed by atoms with E-state index in [2.05, 4.69) is 21.2 Å². The zero-order valence-electron chi connectivity index (χ0n) is 17.1. The molecular weight excluding hydrogens is 482 g/mol. The van der Waals surface area contributed by atoms with Gasteiger partial charge in [0, 0.05) is 10.2 Å². The molecule has 0 radical (unpaired) electrons. The maximum Gasteiger partial charge on any atom is 0.307 e. The van der Waals surface area contributed by atoms with Gasteiger partial charge in [-0.25, -0.2) is 8.42 Å². The van der Waals surface area contributed by atoms with Crippen LogP contribution < -0.4 is 5.32 Å². The number of esters is 1. The van der Waals surface area contributed by atoms with Crippen molar-refractivity contribution < 1.29 is 22.7 Å². The highest BCUT2D eigenvalue weighted by molar-refractivity contribution is 9.10. The predicted molar refractivity (Wildman–Crippen MR) is 124 cm³/mol. The third-order valence-corrected chi connectivity index (χ3v) is 7.59. The van der Waals surface area contributed by atoms with Crippen molar-refractivity contribution in [2.24, 2.45) is 0 Å².